The first-order valence-electron chi connectivity index (χ1n) is 8.30. The van der Waals surface area contributed by atoms with Gasteiger partial charge in [0.25, 0.3) is 5.91 Å². The summed E-state index contributed by atoms with van der Waals surface area (Å²) in [6.07, 6.45) is 0. The Labute approximate surface area is 162 Å². The van der Waals surface area contributed by atoms with E-state index in [-0.39, 0.29) is 27.8 Å². The topological polar surface area (TPSA) is 98.7 Å². The van der Waals surface area contributed by atoms with Gasteiger partial charge in [0.15, 0.2) is 0 Å². The molecule has 144 valence electrons. The van der Waals surface area contributed by atoms with Crippen LogP contribution < -0.4 is 10.5 Å². The molecule has 0 spiro atoms. The van der Waals surface area contributed by atoms with Crippen LogP contribution in [0.3, 0.4) is 0 Å². The molecule has 0 atom stereocenters. The van der Waals surface area contributed by atoms with Crippen molar-refractivity contribution < 1.29 is 14.5 Å². The molecule has 0 aliphatic carbocycles. The van der Waals surface area contributed by atoms with E-state index in [0.717, 1.165) is 0 Å². The van der Waals surface area contributed by atoms with Crippen LogP contribution in [0.15, 0.2) is 42.5 Å². The molecule has 0 fully saturated rings. The number of hydrogen-bond acceptors (Lipinski definition) is 5. The molecule has 2 aromatic carbocycles. The largest absolute Gasteiger partial charge is 0.450 e. The molecule has 0 saturated carbocycles. The zero-order valence-electron chi connectivity index (χ0n) is 15.4. The first-order valence-corrected chi connectivity index (χ1v) is 8.68. The number of nitrogens with two attached hydrogens (primary N) is 1. The van der Waals surface area contributed by atoms with E-state index in [2.05, 4.69) is 0 Å². The predicted molar refractivity (Wildman–Crippen MR) is 104 cm³/mol. The molecule has 1 amide bonds. The zero-order chi connectivity index (χ0) is 20.2. The average Bonchev–Trinajstić information content (AvgIpc) is 2.62. The van der Waals surface area contributed by atoms with Crippen LogP contribution in [0.2, 0.25) is 5.02 Å². The highest BCUT2D eigenvalue weighted by Gasteiger charge is 2.22. The number of ether oxygens (including phenoxy) is 1. The number of carbonyl (C=O) groups is 1. The second kappa shape index (κ2) is 8.37. The van der Waals surface area contributed by atoms with Crippen LogP contribution in [0.1, 0.15) is 24.2 Å². The van der Waals surface area contributed by atoms with Crippen molar-refractivity contribution in [3.63, 3.8) is 0 Å². The smallest absolute Gasteiger partial charge is 0.313 e. The molecule has 2 N–H and O–H groups in total. The van der Waals surface area contributed by atoms with E-state index in [0.29, 0.717) is 24.4 Å². The highest BCUT2D eigenvalue weighted by molar-refractivity contribution is 6.30. The number of amides is 1. The molecule has 0 heterocycles. The molecule has 0 aromatic heterocycles. The maximum Gasteiger partial charge on any atom is 0.313 e. The maximum absolute atomic E-state index is 12.5. The van der Waals surface area contributed by atoms with Gasteiger partial charge in [0.05, 0.1) is 4.92 Å². The first-order chi connectivity index (χ1) is 12.6. The van der Waals surface area contributed by atoms with Gasteiger partial charge in [-0.15, -0.1) is 0 Å². The van der Waals surface area contributed by atoms with Gasteiger partial charge in [0.2, 0.25) is 5.75 Å². The van der Waals surface area contributed by atoms with Gasteiger partial charge >= 0.3 is 5.69 Å². The van der Waals surface area contributed by atoms with Crippen molar-refractivity contribution in [3.05, 3.63) is 63.2 Å². The van der Waals surface area contributed by atoms with E-state index >= 15 is 0 Å². The van der Waals surface area contributed by atoms with Gasteiger partial charge in [0, 0.05) is 30.2 Å². The number of rotatable bonds is 7. The van der Waals surface area contributed by atoms with Crippen molar-refractivity contribution in [2.24, 2.45) is 11.1 Å². The molecule has 8 heteroatoms. The Morgan fingerprint density at radius 3 is 2.44 bits per heavy atom. The number of benzene rings is 2. The summed E-state index contributed by atoms with van der Waals surface area (Å²) in [6.45, 7) is 4.98. The van der Waals surface area contributed by atoms with Crippen molar-refractivity contribution in [2.45, 2.75) is 13.8 Å². The third-order valence-electron chi connectivity index (χ3n) is 4.01. The number of nitro benzene ring substituents is 1. The quantitative estimate of drug-likeness (QED) is 0.565. The van der Waals surface area contributed by atoms with Crippen LogP contribution in [-0.2, 0) is 0 Å². The number of nitrogens with zero attached hydrogens (tertiary/aromatic N) is 2. The lowest BCUT2D eigenvalue weighted by Crippen LogP contribution is -2.39. The van der Waals surface area contributed by atoms with Crippen LogP contribution in [0.5, 0.6) is 11.5 Å². The Bertz CT molecular complexity index is 837. The minimum atomic E-state index is -0.562. The minimum absolute atomic E-state index is 0.0743. The second-order valence-electron chi connectivity index (χ2n) is 7.03. The summed E-state index contributed by atoms with van der Waals surface area (Å²) in [4.78, 5) is 24.7. The third kappa shape index (κ3) is 5.42. The van der Waals surface area contributed by atoms with E-state index in [9.17, 15) is 14.9 Å². The molecule has 0 saturated heterocycles. The van der Waals surface area contributed by atoms with Gasteiger partial charge in [-0.3, -0.25) is 14.9 Å². The van der Waals surface area contributed by atoms with Crippen molar-refractivity contribution >= 4 is 23.2 Å². The summed E-state index contributed by atoms with van der Waals surface area (Å²) in [5.41, 5.74) is 5.80. The molecule has 2 aromatic rings. The average molecular weight is 392 g/mol. The van der Waals surface area contributed by atoms with Gasteiger partial charge < -0.3 is 15.4 Å². The fourth-order valence-corrected chi connectivity index (χ4v) is 2.68. The molecule has 7 nitrogen and oxygen atoms in total. The Hall–Kier alpha value is -2.64. The third-order valence-corrected chi connectivity index (χ3v) is 4.25. The number of nitro groups is 1. The van der Waals surface area contributed by atoms with Crippen LogP contribution in [-0.4, -0.2) is 35.9 Å². The molecular weight excluding hydrogens is 370 g/mol. The van der Waals surface area contributed by atoms with E-state index < -0.39 is 4.92 Å². The zero-order valence-corrected chi connectivity index (χ0v) is 16.2. The van der Waals surface area contributed by atoms with E-state index in [1.165, 1.54) is 18.2 Å². The van der Waals surface area contributed by atoms with Crippen LogP contribution in [0.25, 0.3) is 0 Å². The van der Waals surface area contributed by atoms with Gasteiger partial charge in [-0.05, 0) is 48.4 Å². The number of halogens is 1. The van der Waals surface area contributed by atoms with Crippen molar-refractivity contribution in [3.8, 4) is 11.5 Å². The summed E-state index contributed by atoms with van der Waals surface area (Å²) < 4.78 is 5.58. The molecule has 0 radical (unpaired) electrons. The summed E-state index contributed by atoms with van der Waals surface area (Å²) in [5, 5.41) is 11.4. The maximum atomic E-state index is 12.5. The van der Waals surface area contributed by atoms with Gasteiger partial charge in [-0.25, -0.2) is 0 Å². The number of carbonyl (C=O) groups excluding carboxylic acids is 1. The summed E-state index contributed by atoms with van der Waals surface area (Å²) in [6, 6.07) is 10.6. The van der Waals surface area contributed by atoms with Crippen molar-refractivity contribution in [1.82, 2.24) is 4.90 Å². The van der Waals surface area contributed by atoms with Gasteiger partial charge in [-0.2, -0.15) is 0 Å². The molecule has 0 aliphatic heterocycles. The molecule has 0 bridgehead atoms. The molecule has 27 heavy (non-hydrogen) atoms. The highest BCUT2D eigenvalue weighted by Crippen LogP contribution is 2.33. The molecule has 2 rings (SSSR count). The first kappa shape index (κ1) is 20.7. The normalized spacial score (nSPS) is 11.1. The Balaban J connectivity index is 2.14. The lowest BCUT2D eigenvalue weighted by atomic mass is 9.93. The predicted octanol–water partition coefficient (Wildman–Crippen LogP) is 4.10. The van der Waals surface area contributed by atoms with E-state index in [1.807, 2.05) is 13.8 Å². The summed E-state index contributed by atoms with van der Waals surface area (Å²) in [5.74, 6) is 0.313. The Kier molecular flexibility index (Phi) is 6.41. The monoisotopic (exact) mass is 391 g/mol. The van der Waals surface area contributed by atoms with Crippen LogP contribution >= 0.6 is 11.6 Å². The second-order valence-corrected chi connectivity index (χ2v) is 7.46. The fraction of sp³-hybridized carbons (Fsp3) is 0.316. The lowest BCUT2D eigenvalue weighted by Gasteiger charge is -2.29. The van der Waals surface area contributed by atoms with Crippen molar-refractivity contribution in [1.29, 1.82) is 0 Å². The minimum Gasteiger partial charge on any atom is -0.450 e. The highest BCUT2D eigenvalue weighted by atomic mass is 35.5. The van der Waals surface area contributed by atoms with E-state index in [4.69, 9.17) is 22.1 Å². The summed E-state index contributed by atoms with van der Waals surface area (Å²) in [7, 11) is 1.72. The van der Waals surface area contributed by atoms with E-state index in [1.54, 1.807) is 36.2 Å². The fourth-order valence-electron chi connectivity index (χ4n) is 2.51. The Morgan fingerprint density at radius 2 is 1.89 bits per heavy atom. The number of hydrogen-bond donors (Lipinski definition) is 1. The molecular formula is C19H22ClN3O4. The standard InChI is InChI=1S/C19H22ClN3O4/c1-19(2,11-21)12-22(3)18(24)13-4-7-15(8-5-13)27-17-9-6-14(20)10-16(17)23(25)26/h4-10H,11-12,21H2,1-3H3. The summed E-state index contributed by atoms with van der Waals surface area (Å²) >= 11 is 5.80. The lowest BCUT2D eigenvalue weighted by molar-refractivity contribution is -0.385. The van der Waals surface area contributed by atoms with Crippen LogP contribution in [0, 0.1) is 15.5 Å². The molecule has 0 unspecified atom stereocenters. The Morgan fingerprint density at radius 1 is 1.26 bits per heavy atom. The van der Waals surface area contributed by atoms with Crippen molar-refractivity contribution in [2.75, 3.05) is 20.1 Å². The van der Waals surface area contributed by atoms with Gasteiger partial charge in [0.1, 0.15) is 5.75 Å². The van der Waals surface area contributed by atoms with Gasteiger partial charge in [-0.1, -0.05) is 25.4 Å². The van der Waals surface area contributed by atoms with Crippen LogP contribution in [0.4, 0.5) is 5.69 Å². The SMILES string of the molecule is CN(CC(C)(C)CN)C(=O)c1ccc(Oc2ccc(Cl)cc2[N+](=O)[O-])cc1. The molecule has 0 aliphatic rings.